The predicted molar refractivity (Wildman–Crippen MR) is 55.1 cm³/mol. The van der Waals surface area contributed by atoms with E-state index in [9.17, 15) is 9.59 Å². The molecule has 0 aromatic heterocycles. The van der Waals surface area contributed by atoms with Gasteiger partial charge in [-0.15, -0.1) is 0 Å². The molecule has 0 N–H and O–H groups in total. The van der Waals surface area contributed by atoms with Crippen LogP contribution in [0.4, 0.5) is 0 Å². The molecule has 0 spiro atoms. The van der Waals surface area contributed by atoms with E-state index in [0.29, 0.717) is 0 Å². The first-order chi connectivity index (χ1) is 6.93. The summed E-state index contributed by atoms with van der Waals surface area (Å²) in [5.41, 5.74) is 0. The van der Waals surface area contributed by atoms with Gasteiger partial charge in [0.05, 0.1) is 13.2 Å². The predicted octanol–water partition coefficient (Wildman–Crippen LogP) is 2.38. The van der Waals surface area contributed by atoms with Crippen molar-refractivity contribution in [3.8, 4) is 0 Å². The maximum atomic E-state index is 10.5. The monoisotopic (exact) mass is 312 g/mol. The van der Waals surface area contributed by atoms with E-state index in [1.54, 1.807) is 13.8 Å². The molecule has 0 aliphatic carbocycles. The zero-order valence-corrected chi connectivity index (χ0v) is 12.1. The normalized spacial score (nSPS) is 8.07. The third-order valence-corrected chi connectivity index (χ3v) is 0.809. The molecule has 0 fully saturated rings. The second-order valence-electron chi connectivity index (χ2n) is 1.86. The van der Waals surface area contributed by atoms with Crippen LogP contribution in [-0.2, 0) is 33.8 Å². The molecule has 0 atom stereocenters. The fraction of sp³-hybridized carbons (Fsp3) is 0.571. The standard InChI is InChI=1S/C7H11O4.3ClH.Ti/c1-3-10-6(8)5-7(9)11-4-2;;;;/h5H,3-4H2,1-2H3;3*1H;/q-1;;;;+4/p-3. The van der Waals surface area contributed by atoms with Crippen molar-refractivity contribution in [1.29, 1.82) is 0 Å². The number of rotatable bonds is 4. The van der Waals surface area contributed by atoms with E-state index in [2.05, 4.69) is 9.47 Å². The van der Waals surface area contributed by atoms with Crippen LogP contribution in [0.3, 0.4) is 0 Å². The average molecular weight is 313 g/mol. The number of carbonyl (C=O) groups excluding carboxylic acids is 2. The molecule has 0 amide bonds. The molecule has 0 unspecified atom stereocenters. The number of halogens is 3. The van der Waals surface area contributed by atoms with Crippen LogP contribution in [0.15, 0.2) is 0 Å². The fourth-order valence-electron chi connectivity index (χ4n) is 0.464. The summed E-state index contributed by atoms with van der Waals surface area (Å²) in [4.78, 5) is 21.1. The minimum absolute atomic E-state index is 0.259. The number of esters is 2. The zero-order chi connectivity index (χ0) is 12.3. The molecular weight excluding hydrogens is 302 g/mol. The molecule has 0 aromatic rings. The molecule has 0 aliphatic rings. The summed E-state index contributed by atoms with van der Waals surface area (Å²) in [6.45, 7) is 3.84. The molecule has 15 heavy (non-hydrogen) atoms. The second-order valence-corrected chi connectivity index (χ2v) is 9.60. The number of carbonyl (C=O) groups is 2. The summed E-state index contributed by atoms with van der Waals surface area (Å²) in [5, 5.41) is 0. The quantitative estimate of drug-likeness (QED) is 0.346. The Labute approximate surface area is 107 Å². The number of hydrogen-bond acceptors (Lipinski definition) is 4. The molecule has 88 valence electrons. The Balaban J connectivity index is 0. The van der Waals surface area contributed by atoms with Crippen LogP contribution in [0.5, 0.6) is 0 Å². The van der Waals surface area contributed by atoms with E-state index in [1.165, 1.54) is 0 Å². The van der Waals surface area contributed by atoms with E-state index in [4.69, 9.17) is 27.9 Å². The van der Waals surface area contributed by atoms with Crippen LogP contribution >= 0.6 is 27.9 Å². The molecule has 4 nitrogen and oxygen atoms in total. The van der Waals surface area contributed by atoms with Gasteiger partial charge in [0, 0.05) is 0 Å². The second kappa shape index (κ2) is 12.5. The fourth-order valence-corrected chi connectivity index (χ4v) is 0.464. The van der Waals surface area contributed by atoms with E-state index < -0.39 is 26.6 Å². The van der Waals surface area contributed by atoms with Crippen LogP contribution in [-0.4, -0.2) is 25.2 Å². The van der Waals surface area contributed by atoms with Gasteiger partial charge in [-0.3, -0.25) is 9.59 Å². The van der Waals surface area contributed by atoms with Gasteiger partial charge in [0.1, 0.15) is 0 Å². The van der Waals surface area contributed by atoms with Crippen LogP contribution in [0.25, 0.3) is 0 Å². The van der Waals surface area contributed by atoms with Crippen molar-refractivity contribution in [2.75, 3.05) is 13.2 Å². The Morgan fingerprint density at radius 2 is 1.33 bits per heavy atom. The van der Waals surface area contributed by atoms with Gasteiger partial charge in [0.25, 0.3) is 0 Å². The maximum absolute atomic E-state index is 10.5. The van der Waals surface area contributed by atoms with Crippen LogP contribution < -0.4 is 0 Å². The third-order valence-electron chi connectivity index (χ3n) is 0.809. The van der Waals surface area contributed by atoms with E-state index >= 15 is 0 Å². The third kappa shape index (κ3) is 20.5. The van der Waals surface area contributed by atoms with Gasteiger partial charge in [-0.05, 0) is 13.8 Å². The minimum atomic E-state index is -1.92. The van der Waals surface area contributed by atoms with Crippen molar-refractivity contribution >= 4 is 39.9 Å². The molecule has 0 bridgehead atoms. The molecule has 8 heteroatoms. The van der Waals surface area contributed by atoms with Crippen molar-refractivity contribution in [3.63, 3.8) is 0 Å². The van der Waals surface area contributed by atoms with Crippen molar-refractivity contribution in [3.05, 3.63) is 6.42 Å². The molecule has 0 saturated carbocycles. The van der Waals surface area contributed by atoms with Crippen LogP contribution in [0.2, 0.25) is 0 Å². The van der Waals surface area contributed by atoms with E-state index in [1.807, 2.05) is 0 Å². The molecule has 0 aromatic carbocycles. The first-order valence-corrected chi connectivity index (χ1v) is 10.4. The van der Waals surface area contributed by atoms with Gasteiger partial charge in [-0.1, -0.05) is 0 Å². The van der Waals surface area contributed by atoms with Crippen molar-refractivity contribution < 1.29 is 33.8 Å². The number of hydrogen-bond donors (Lipinski definition) is 0. The SMILES string of the molecule is CCOC(=O)[CH-]C(=O)OCC.[Cl][Ti+]([Cl])[Cl]. The van der Waals surface area contributed by atoms with Gasteiger partial charge < -0.3 is 9.47 Å². The van der Waals surface area contributed by atoms with Crippen molar-refractivity contribution in [2.24, 2.45) is 0 Å². The van der Waals surface area contributed by atoms with Gasteiger partial charge in [-0.25, -0.2) is 0 Å². The Morgan fingerprint density at radius 1 is 1.07 bits per heavy atom. The first kappa shape index (κ1) is 17.8. The average Bonchev–Trinajstić information content (AvgIpc) is 2.03. The summed E-state index contributed by atoms with van der Waals surface area (Å²) in [6, 6.07) is 0. The molecule has 0 aliphatic heterocycles. The van der Waals surface area contributed by atoms with Crippen molar-refractivity contribution in [2.45, 2.75) is 13.8 Å². The van der Waals surface area contributed by atoms with Crippen molar-refractivity contribution in [1.82, 2.24) is 0 Å². The van der Waals surface area contributed by atoms with E-state index in [0.717, 1.165) is 6.42 Å². The van der Waals surface area contributed by atoms with Gasteiger partial charge in [0.2, 0.25) is 0 Å². The van der Waals surface area contributed by atoms with Gasteiger partial charge in [-0.2, -0.15) is 6.42 Å². The molecule has 0 heterocycles. The first-order valence-electron chi connectivity index (χ1n) is 3.95. The Kier molecular flexibility index (Phi) is 14.8. The van der Waals surface area contributed by atoms with Gasteiger partial charge >= 0.3 is 42.6 Å². The van der Waals surface area contributed by atoms with E-state index in [-0.39, 0.29) is 13.2 Å². The summed E-state index contributed by atoms with van der Waals surface area (Å²) in [7, 11) is 14.9. The van der Waals surface area contributed by atoms with Gasteiger partial charge in [0.15, 0.2) is 11.9 Å². The Bertz CT molecular complexity index is 170. The summed E-state index contributed by atoms with van der Waals surface area (Å²) < 4.78 is 8.93. The Hall–Kier alpha value is 0.394. The summed E-state index contributed by atoms with van der Waals surface area (Å²) >= 11 is -1.92. The molecule has 0 rings (SSSR count). The molecular formula is C7H11Cl3O4Ti. The topological polar surface area (TPSA) is 52.6 Å². The summed E-state index contributed by atoms with van der Waals surface area (Å²) in [5.74, 6) is -1.32. The molecule has 0 saturated heterocycles. The number of ether oxygens (including phenoxy) is 2. The summed E-state index contributed by atoms with van der Waals surface area (Å²) in [6.07, 6.45) is 0.785. The van der Waals surface area contributed by atoms with Crippen LogP contribution in [0, 0.1) is 6.42 Å². The molecule has 0 radical (unpaired) electrons. The van der Waals surface area contributed by atoms with Crippen LogP contribution in [0.1, 0.15) is 13.8 Å². The Morgan fingerprint density at radius 3 is 1.53 bits per heavy atom. The zero-order valence-electron chi connectivity index (χ0n) is 8.26.